The molecule has 4 heteroatoms. The van der Waals surface area contributed by atoms with Gasteiger partial charge < -0.3 is 19.7 Å². The van der Waals surface area contributed by atoms with Gasteiger partial charge in [0.25, 0.3) is 0 Å². The number of aryl methyl sites for hydroxylation is 1. The average molecular weight is 627 g/mol. The Labute approximate surface area is 281 Å². The fourth-order valence-corrected chi connectivity index (χ4v) is 6.22. The van der Waals surface area contributed by atoms with Crippen molar-refractivity contribution in [3.05, 3.63) is 150 Å². The van der Waals surface area contributed by atoms with E-state index in [0.29, 0.717) is 0 Å². The Kier molecular flexibility index (Phi) is 12.2. The molecule has 4 aromatic carbocycles. The first-order chi connectivity index (χ1) is 22.8. The van der Waals surface area contributed by atoms with E-state index in [9.17, 15) is 10.2 Å². The lowest BCUT2D eigenvalue weighted by molar-refractivity contribution is 0.282. The minimum atomic E-state index is 0.0480. The van der Waals surface area contributed by atoms with Crippen molar-refractivity contribution >= 4 is 22.3 Å². The van der Waals surface area contributed by atoms with Crippen molar-refractivity contribution in [3.8, 4) is 16.8 Å². The summed E-state index contributed by atoms with van der Waals surface area (Å²) in [5, 5.41) is 20.7. The van der Waals surface area contributed by atoms with Gasteiger partial charge >= 0.3 is 0 Å². The van der Waals surface area contributed by atoms with Gasteiger partial charge in [0.1, 0.15) is 0 Å². The van der Waals surface area contributed by atoms with Crippen LogP contribution < -0.4 is 4.90 Å². The van der Waals surface area contributed by atoms with Gasteiger partial charge in [-0.15, -0.1) is 6.58 Å². The summed E-state index contributed by atoms with van der Waals surface area (Å²) in [4.78, 5) is 2.28. The lowest BCUT2D eigenvalue weighted by Gasteiger charge is -2.32. The van der Waals surface area contributed by atoms with Gasteiger partial charge in [-0.1, -0.05) is 88.0 Å². The molecule has 2 heterocycles. The van der Waals surface area contributed by atoms with Gasteiger partial charge in [-0.05, 0) is 115 Å². The highest BCUT2D eigenvalue weighted by Crippen LogP contribution is 2.39. The molecular formula is C43H50N2O2. The quantitative estimate of drug-likeness (QED) is 0.191. The first kappa shape index (κ1) is 35.2. The Morgan fingerprint density at radius 1 is 0.830 bits per heavy atom. The predicted octanol–water partition coefficient (Wildman–Crippen LogP) is 10.8. The van der Waals surface area contributed by atoms with E-state index in [4.69, 9.17) is 0 Å². The molecule has 6 rings (SSSR count). The molecule has 1 aromatic heterocycles. The van der Waals surface area contributed by atoms with E-state index in [-0.39, 0.29) is 19.1 Å². The van der Waals surface area contributed by atoms with Crippen molar-refractivity contribution in [2.75, 3.05) is 11.5 Å². The fourth-order valence-electron chi connectivity index (χ4n) is 6.22. The van der Waals surface area contributed by atoms with Crippen LogP contribution in [0.2, 0.25) is 0 Å². The number of allylic oxidation sites excluding steroid dienone is 3. The van der Waals surface area contributed by atoms with Crippen LogP contribution in [0.4, 0.5) is 11.4 Å². The molecule has 0 fully saturated rings. The summed E-state index contributed by atoms with van der Waals surface area (Å²) in [7, 11) is 0. The molecule has 1 aliphatic heterocycles. The van der Waals surface area contributed by atoms with Gasteiger partial charge in [-0.25, -0.2) is 0 Å². The number of aliphatic hydroxyl groups is 2. The van der Waals surface area contributed by atoms with Gasteiger partial charge in [0, 0.05) is 33.8 Å². The van der Waals surface area contributed by atoms with Crippen molar-refractivity contribution in [1.29, 1.82) is 0 Å². The second-order valence-electron chi connectivity index (χ2n) is 11.8. The summed E-state index contributed by atoms with van der Waals surface area (Å²) in [6.45, 7) is 20.4. The standard InChI is InChI=1S/C38H38N2O2.C3H6.C2H6/c1-25-21-29(23-41)9-11-33-7-5-6-8-37(33)39(27(25)3)34-16-12-31(13-17-34)32-14-18-35(19-15-32)40-28(4)26(2)36-22-30(24-42)10-20-38(36)40;1-3-2;1-2/h5-10,12-20,22,25,41-42H,3,11,21,23-24H2,1-2,4H3;3H,1H2,2H3;1-2H3/b29-9+;;. The Morgan fingerprint density at radius 2 is 1.43 bits per heavy atom. The summed E-state index contributed by atoms with van der Waals surface area (Å²) in [5.74, 6) is 0.189. The number of nitrogens with zero attached hydrogens (tertiary/aromatic N) is 2. The number of hydrogen-bond acceptors (Lipinski definition) is 3. The first-order valence-electron chi connectivity index (χ1n) is 16.7. The number of fused-ring (bicyclic) bond motifs is 2. The van der Waals surface area contributed by atoms with Crippen molar-refractivity contribution in [3.63, 3.8) is 0 Å². The van der Waals surface area contributed by atoms with Crippen LogP contribution in [0.1, 0.15) is 56.5 Å². The molecule has 0 radical (unpaired) electrons. The Hall–Kier alpha value is -4.64. The fraction of sp³-hybridized carbons (Fsp3) is 0.256. The van der Waals surface area contributed by atoms with Crippen LogP contribution in [0.3, 0.4) is 0 Å². The molecular weight excluding hydrogens is 576 g/mol. The molecule has 2 N–H and O–H groups in total. The molecule has 0 saturated carbocycles. The highest BCUT2D eigenvalue weighted by molar-refractivity contribution is 5.88. The van der Waals surface area contributed by atoms with E-state index < -0.39 is 0 Å². The molecule has 0 aliphatic carbocycles. The van der Waals surface area contributed by atoms with Crippen molar-refractivity contribution in [2.45, 2.75) is 61.0 Å². The second-order valence-corrected chi connectivity index (χ2v) is 11.8. The third-order valence-electron chi connectivity index (χ3n) is 8.82. The third-order valence-corrected chi connectivity index (χ3v) is 8.82. The van der Waals surface area contributed by atoms with E-state index in [1.54, 1.807) is 6.08 Å². The van der Waals surface area contributed by atoms with E-state index in [1.165, 1.54) is 22.2 Å². The Bertz CT molecular complexity index is 1840. The van der Waals surface area contributed by atoms with Gasteiger partial charge in [-0.3, -0.25) is 0 Å². The normalized spacial score (nSPS) is 15.5. The van der Waals surface area contributed by atoms with Crippen LogP contribution in [-0.2, 0) is 13.0 Å². The molecule has 0 amide bonds. The topological polar surface area (TPSA) is 48.6 Å². The molecule has 0 bridgehead atoms. The van der Waals surface area contributed by atoms with E-state index >= 15 is 0 Å². The number of rotatable bonds is 5. The zero-order chi connectivity index (χ0) is 34.1. The smallest absolute Gasteiger partial charge is 0.0682 e. The summed E-state index contributed by atoms with van der Waals surface area (Å²) >= 11 is 0. The second kappa shape index (κ2) is 16.3. The molecule has 0 spiro atoms. The van der Waals surface area contributed by atoms with Crippen molar-refractivity contribution in [1.82, 2.24) is 4.57 Å². The largest absolute Gasteiger partial charge is 0.392 e. The molecule has 244 valence electrons. The molecule has 4 nitrogen and oxygen atoms in total. The Balaban J connectivity index is 0.000000947. The van der Waals surface area contributed by atoms with E-state index in [1.807, 2.05) is 26.8 Å². The molecule has 1 unspecified atom stereocenters. The highest BCUT2D eigenvalue weighted by atomic mass is 16.3. The lowest BCUT2D eigenvalue weighted by Crippen LogP contribution is -2.21. The monoisotopic (exact) mass is 626 g/mol. The Morgan fingerprint density at radius 3 is 2.02 bits per heavy atom. The minimum Gasteiger partial charge on any atom is -0.392 e. The van der Waals surface area contributed by atoms with Crippen molar-refractivity contribution in [2.24, 2.45) is 5.92 Å². The van der Waals surface area contributed by atoms with Gasteiger partial charge in [0.2, 0.25) is 0 Å². The molecule has 1 aliphatic rings. The van der Waals surface area contributed by atoms with Gasteiger partial charge in [-0.2, -0.15) is 0 Å². The van der Waals surface area contributed by atoms with Crippen LogP contribution >= 0.6 is 0 Å². The number of para-hydroxylation sites is 1. The molecule has 47 heavy (non-hydrogen) atoms. The maximum absolute atomic E-state index is 9.91. The maximum Gasteiger partial charge on any atom is 0.0682 e. The number of anilines is 2. The number of aliphatic hydroxyl groups excluding tert-OH is 2. The number of aromatic nitrogens is 1. The van der Waals surface area contributed by atoms with Crippen LogP contribution in [-0.4, -0.2) is 21.4 Å². The minimum absolute atomic E-state index is 0.0480. The van der Waals surface area contributed by atoms with Crippen LogP contribution in [0, 0.1) is 19.8 Å². The lowest BCUT2D eigenvalue weighted by atomic mass is 9.97. The zero-order valence-corrected chi connectivity index (χ0v) is 28.9. The maximum atomic E-state index is 9.91. The SMILES string of the molecule is C=C1C(C)C/C(CO)=C\Cc2ccccc2N1c1ccc(-c2ccc(-n3c(C)c(C)c4cc(CO)ccc43)cc2)cc1.C=CC.CC. The summed E-state index contributed by atoms with van der Waals surface area (Å²) in [5.41, 5.74) is 13.5. The third kappa shape index (κ3) is 7.51. The van der Waals surface area contributed by atoms with E-state index in [0.717, 1.165) is 63.4 Å². The summed E-state index contributed by atoms with van der Waals surface area (Å²) in [6.07, 6.45) is 5.50. The predicted molar refractivity (Wildman–Crippen MR) is 202 cm³/mol. The number of benzene rings is 4. The van der Waals surface area contributed by atoms with Crippen LogP contribution in [0.25, 0.3) is 27.7 Å². The van der Waals surface area contributed by atoms with Crippen LogP contribution in [0.5, 0.6) is 0 Å². The molecule has 0 saturated heterocycles. The van der Waals surface area contributed by atoms with Crippen molar-refractivity contribution < 1.29 is 10.2 Å². The highest BCUT2D eigenvalue weighted by Gasteiger charge is 2.23. The number of hydrogen-bond donors (Lipinski definition) is 2. The zero-order valence-electron chi connectivity index (χ0n) is 28.9. The van der Waals surface area contributed by atoms with E-state index in [2.05, 4.69) is 134 Å². The summed E-state index contributed by atoms with van der Waals surface area (Å²) in [6, 6.07) is 32.2. The van der Waals surface area contributed by atoms with Crippen LogP contribution in [0.15, 0.2) is 128 Å². The summed E-state index contributed by atoms with van der Waals surface area (Å²) < 4.78 is 2.30. The average Bonchev–Trinajstić information content (AvgIpc) is 3.38. The first-order valence-corrected chi connectivity index (χ1v) is 16.7. The van der Waals surface area contributed by atoms with Gasteiger partial charge in [0.05, 0.1) is 18.7 Å². The molecule has 5 aromatic rings. The van der Waals surface area contributed by atoms with Gasteiger partial charge in [0.15, 0.2) is 0 Å². The molecule has 1 atom stereocenters.